The van der Waals surface area contributed by atoms with Crippen LogP contribution < -0.4 is 0 Å². The summed E-state index contributed by atoms with van der Waals surface area (Å²) in [5.74, 6) is 1.41. The zero-order valence-corrected chi connectivity index (χ0v) is 13.7. The fourth-order valence-corrected chi connectivity index (χ4v) is 3.31. The second kappa shape index (κ2) is 5.56. The lowest BCUT2D eigenvalue weighted by Crippen LogP contribution is -2.27. The molecule has 1 aromatic carbocycles. The maximum atomic E-state index is 10.3. The van der Waals surface area contributed by atoms with E-state index in [2.05, 4.69) is 37.9 Å². The van der Waals surface area contributed by atoms with Crippen LogP contribution in [0.5, 0.6) is 5.75 Å². The number of nitrogens with zero attached hydrogens (tertiary/aromatic N) is 1. The van der Waals surface area contributed by atoms with Crippen LogP contribution in [0.1, 0.15) is 37.0 Å². The first-order chi connectivity index (χ1) is 10.4. The second-order valence-electron chi connectivity index (χ2n) is 6.44. The third kappa shape index (κ3) is 2.76. The van der Waals surface area contributed by atoms with Crippen molar-refractivity contribution < 1.29 is 9.84 Å². The molecule has 0 amide bonds. The van der Waals surface area contributed by atoms with Gasteiger partial charge in [-0.2, -0.15) is 0 Å². The summed E-state index contributed by atoms with van der Waals surface area (Å²) in [5, 5.41) is 10.3. The lowest BCUT2D eigenvalue weighted by molar-refractivity contribution is 0.0873. The van der Waals surface area contributed by atoms with E-state index in [0.717, 1.165) is 23.3 Å². The van der Waals surface area contributed by atoms with Crippen LogP contribution >= 0.6 is 0 Å². The van der Waals surface area contributed by atoms with E-state index in [1.165, 1.54) is 22.3 Å². The number of hydrogen-bond donors (Lipinski definition) is 1. The van der Waals surface area contributed by atoms with E-state index in [0.29, 0.717) is 19.0 Å². The van der Waals surface area contributed by atoms with Crippen LogP contribution in [0.3, 0.4) is 0 Å². The van der Waals surface area contributed by atoms with Gasteiger partial charge < -0.3 is 14.7 Å². The Bertz CT molecular complexity index is 710. The fourth-order valence-electron chi connectivity index (χ4n) is 3.31. The molecule has 116 valence electrons. The summed E-state index contributed by atoms with van der Waals surface area (Å²) in [6, 6.07) is 4.05. The van der Waals surface area contributed by atoms with Gasteiger partial charge in [0, 0.05) is 23.9 Å². The number of hydrogen-bond acceptors (Lipinski definition) is 3. The van der Waals surface area contributed by atoms with E-state index in [1.54, 1.807) is 0 Å². The Labute approximate surface area is 132 Å². The van der Waals surface area contributed by atoms with Crippen molar-refractivity contribution in [1.29, 1.82) is 0 Å². The van der Waals surface area contributed by atoms with Crippen molar-refractivity contribution >= 4 is 0 Å². The molecule has 0 atom stereocenters. The van der Waals surface area contributed by atoms with Crippen LogP contribution in [0.15, 0.2) is 46.9 Å². The van der Waals surface area contributed by atoms with Crippen LogP contribution in [-0.2, 0) is 11.3 Å². The fraction of sp³-hybridized carbons (Fsp3) is 0.368. The molecular weight excluding hydrogens is 274 g/mol. The molecule has 2 aliphatic rings. The summed E-state index contributed by atoms with van der Waals surface area (Å²) in [4.78, 5) is 2.12. The Hall–Kier alpha value is -2.16. The van der Waals surface area contributed by atoms with Gasteiger partial charge in [0.15, 0.2) is 6.73 Å². The van der Waals surface area contributed by atoms with Crippen molar-refractivity contribution in [2.75, 3.05) is 6.73 Å². The van der Waals surface area contributed by atoms with Crippen molar-refractivity contribution in [3.8, 4) is 5.75 Å². The molecule has 0 saturated carbocycles. The van der Waals surface area contributed by atoms with E-state index in [9.17, 15) is 5.11 Å². The van der Waals surface area contributed by atoms with Crippen molar-refractivity contribution in [1.82, 2.24) is 4.90 Å². The topological polar surface area (TPSA) is 32.7 Å². The Balaban J connectivity index is 1.86. The molecule has 1 aromatic rings. The van der Waals surface area contributed by atoms with E-state index in [-0.39, 0.29) is 0 Å². The largest absolute Gasteiger partial charge is 0.507 e. The molecule has 3 heteroatoms. The summed E-state index contributed by atoms with van der Waals surface area (Å²) in [5.41, 5.74) is 6.83. The highest BCUT2D eigenvalue weighted by atomic mass is 16.5. The van der Waals surface area contributed by atoms with Gasteiger partial charge in [0.1, 0.15) is 11.5 Å². The lowest BCUT2D eigenvalue weighted by atomic mass is 9.94. The summed E-state index contributed by atoms with van der Waals surface area (Å²) < 4.78 is 5.94. The number of ether oxygens (including phenoxy) is 1. The molecule has 1 aliphatic heterocycles. The molecule has 0 bridgehead atoms. The van der Waals surface area contributed by atoms with Gasteiger partial charge in [-0.05, 0) is 45.3 Å². The van der Waals surface area contributed by atoms with Gasteiger partial charge in [-0.3, -0.25) is 0 Å². The average Bonchev–Trinajstić information content (AvgIpc) is 2.43. The van der Waals surface area contributed by atoms with Crippen LogP contribution in [-0.4, -0.2) is 16.7 Å². The van der Waals surface area contributed by atoms with Crippen LogP contribution in [0, 0.1) is 13.8 Å². The molecule has 0 saturated heterocycles. The summed E-state index contributed by atoms with van der Waals surface area (Å²) >= 11 is 0. The monoisotopic (exact) mass is 297 g/mol. The predicted octanol–water partition coefficient (Wildman–Crippen LogP) is 4.31. The highest BCUT2D eigenvalue weighted by Gasteiger charge is 2.22. The highest BCUT2D eigenvalue weighted by Crippen LogP contribution is 2.34. The minimum atomic E-state index is 0.390. The third-order valence-corrected chi connectivity index (χ3v) is 4.19. The number of rotatable bonds is 2. The molecule has 1 aliphatic carbocycles. The lowest BCUT2D eigenvalue weighted by Gasteiger charge is -2.32. The standard InChI is InChI=1S/C19H23NO2/c1-12-5-14(3)18(21)16(7-12)9-20-10-17-8-13(2)6-15(4)19(17)22-11-20/h5-7,10,21H,8-9,11H2,1-4H3. The van der Waals surface area contributed by atoms with E-state index in [1.807, 2.05) is 19.1 Å². The van der Waals surface area contributed by atoms with Crippen molar-refractivity contribution in [3.05, 3.63) is 63.6 Å². The smallest absolute Gasteiger partial charge is 0.161 e. The van der Waals surface area contributed by atoms with Crippen molar-refractivity contribution in [2.45, 2.75) is 40.7 Å². The SMILES string of the molecule is CC1=CC(C)=C2OCN(Cc3cc(C)cc(C)c3O)C=C2C1. The molecule has 0 aromatic heterocycles. The van der Waals surface area contributed by atoms with Crippen LogP contribution in [0.4, 0.5) is 0 Å². The Morgan fingerprint density at radius 2 is 1.95 bits per heavy atom. The molecule has 1 heterocycles. The molecule has 22 heavy (non-hydrogen) atoms. The van der Waals surface area contributed by atoms with E-state index in [4.69, 9.17) is 4.74 Å². The van der Waals surface area contributed by atoms with Crippen molar-refractivity contribution in [3.63, 3.8) is 0 Å². The summed E-state index contributed by atoms with van der Waals surface area (Å²) in [7, 11) is 0. The molecule has 0 fully saturated rings. The summed E-state index contributed by atoms with van der Waals surface area (Å²) in [6.45, 7) is 9.42. The first kappa shape index (κ1) is 14.8. The number of benzene rings is 1. The van der Waals surface area contributed by atoms with Crippen LogP contribution in [0.2, 0.25) is 0 Å². The number of fused-ring (bicyclic) bond motifs is 1. The van der Waals surface area contributed by atoms with Gasteiger partial charge in [0.25, 0.3) is 0 Å². The van der Waals surface area contributed by atoms with Gasteiger partial charge in [0.05, 0.1) is 0 Å². The predicted molar refractivity (Wildman–Crippen MR) is 88.2 cm³/mol. The second-order valence-corrected chi connectivity index (χ2v) is 6.44. The van der Waals surface area contributed by atoms with E-state index >= 15 is 0 Å². The van der Waals surface area contributed by atoms with Gasteiger partial charge >= 0.3 is 0 Å². The minimum Gasteiger partial charge on any atom is -0.507 e. The quantitative estimate of drug-likeness (QED) is 0.883. The average molecular weight is 297 g/mol. The molecule has 0 unspecified atom stereocenters. The molecular formula is C19H23NO2. The number of aryl methyl sites for hydroxylation is 2. The molecule has 3 rings (SSSR count). The Morgan fingerprint density at radius 3 is 2.73 bits per heavy atom. The first-order valence-corrected chi connectivity index (χ1v) is 7.69. The summed E-state index contributed by atoms with van der Waals surface area (Å²) in [6.07, 6.45) is 5.30. The Kier molecular flexibility index (Phi) is 3.73. The zero-order valence-electron chi connectivity index (χ0n) is 13.7. The molecule has 0 spiro atoms. The van der Waals surface area contributed by atoms with Crippen molar-refractivity contribution in [2.24, 2.45) is 0 Å². The van der Waals surface area contributed by atoms with Gasteiger partial charge in [-0.1, -0.05) is 29.3 Å². The van der Waals surface area contributed by atoms with E-state index < -0.39 is 0 Å². The highest BCUT2D eigenvalue weighted by molar-refractivity contribution is 5.45. The molecule has 1 N–H and O–H groups in total. The number of phenolic OH excluding ortho intramolecular Hbond substituents is 1. The van der Waals surface area contributed by atoms with Crippen LogP contribution in [0.25, 0.3) is 0 Å². The number of allylic oxidation sites excluding steroid dienone is 4. The maximum Gasteiger partial charge on any atom is 0.161 e. The number of phenols is 1. The van der Waals surface area contributed by atoms with Gasteiger partial charge in [-0.25, -0.2) is 0 Å². The van der Waals surface area contributed by atoms with Gasteiger partial charge in [0.2, 0.25) is 0 Å². The Morgan fingerprint density at radius 1 is 1.18 bits per heavy atom. The third-order valence-electron chi connectivity index (χ3n) is 4.19. The first-order valence-electron chi connectivity index (χ1n) is 7.69. The van der Waals surface area contributed by atoms with Gasteiger partial charge in [-0.15, -0.1) is 0 Å². The molecule has 0 radical (unpaired) electrons. The minimum absolute atomic E-state index is 0.390. The number of aromatic hydroxyl groups is 1. The maximum absolute atomic E-state index is 10.3. The zero-order chi connectivity index (χ0) is 15.9. The molecule has 3 nitrogen and oxygen atoms in total. The normalized spacial score (nSPS) is 17.7.